The molecule has 0 fully saturated rings. The second-order valence-corrected chi connectivity index (χ2v) is 6.44. The molecule has 0 saturated heterocycles. The molecule has 0 radical (unpaired) electrons. The minimum Gasteiger partial charge on any atom is -0.481 e. The van der Waals surface area contributed by atoms with Crippen molar-refractivity contribution in [3.8, 4) is 5.75 Å². The number of hydrogen-bond acceptors (Lipinski definition) is 4. The third kappa shape index (κ3) is 5.14. The average Bonchev–Trinajstić information content (AvgIpc) is 2.76. The third-order valence-corrected chi connectivity index (χ3v) is 4.13. The summed E-state index contributed by atoms with van der Waals surface area (Å²) in [5, 5.41) is 4.57. The lowest BCUT2D eigenvalue weighted by molar-refractivity contribution is -0.123. The average molecular weight is 441 g/mol. The topological polar surface area (TPSA) is 63.8 Å². The maximum Gasteiger partial charge on any atom is 0.277 e. The number of nitrogens with one attached hydrogen (secondary N) is 1. The Morgan fingerprint density at radius 2 is 2.00 bits per heavy atom. The molecule has 0 aliphatic carbocycles. The van der Waals surface area contributed by atoms with E-state index in [1.165, 1.54) is 18.3 Å². The van der Waals surface area contributed by atoms with E-state index in [2.05, 4.69) is 26.5 Å². The summed E-state index contributed by atoms with van der Waals surface area (Å²) < 4.78 is 11.4. The van der Waals surface area contributed by atoms with Crippen molar-refractivity contribution in [3.63, 3.8) is 0 Å². The van der Waals surface area contributed by atoms with Gasteiger partial charge in [-0.1, -0.05) is 34.8 Å². The molecule has 23 heavy (non-hydrogen) atoms. The van der Waals surface area contributed by atoms with Gasteiger partial charge in [0.05, 0.1) is 20.7 Å². The van der Waals surface area contributed by atoms with Crippen molar-refractivity contribution in [1.29, 1.82) is 0 Å². The van der Waals surface area contributed by atoms with Crippen molar-refractivity contribution in [3.05, 3.63) is 49.3 Å². The normalized spacial score (nSPS) is 11.0. The summed E-state index contributed by atoms with van der Waals surface area (Å²) in [6, 6.07) is 4.67. The molecular weight excluding hydrogens is 430 g/mol. The largest absolute Gasteiger partial charge is 0.481 e. The van der Waals surface area contributed by atoms with Crippen LogP contribution in [0, 0.1) is 6.92 Å². The maximum atomic E-state index is 11.7. The predicted molar refractivity (Wildman–Crippen MR) is 93.8 cm³/mol. The van der Waals surface area contributed by atoms with Crippen LogP contribution in [0.5, 0.6) is 5.75 Å². The van der Waals surface area contributed by atoms with Gasteiger partial charge in [-0.3, -0.25) is 4.79 Å². The highest BCUT2D eigenvalue weighted by Crippen LogP contribution is 2.35. The number of aryl methyl sites for hydroxylation is 1. The lowest BCUT2D eigenvalue weighted by Crippen LogP contribution is -2.24. The Bertz CT molecular complexity index is 719. The smallest absolute Gasteiger partial charge is 0.277 e. The first kappa shape index (κ1) is 18.1. The molecule has 1 aromatic heterocycles. The number of benzene rings is 1. The van der Waals surface area contributed by atoms with Crippen LogP contribution in [0.15, 0.2) is 32.2 Å². The fourth-order valence-electron chi connectivity index (χ4n) is 1.55. The van der Waals surface area contributed by atoms with Gasteiger partial charge in [0.15, 0.2) is 12.4 Å². The van der Waals surface area contributed by atoms with Gasteiger partial charge in [0.2, 0.25) is 0 Å². The Kier molecular flexibility index (Phi) is 6.35. The number of hydrazone groups is 1. The highest BCUT2D eigenvalue weighted by atomic mass is 79.9. The van der Waals surface area contributed by atoms with Crippen LogP contribution >= 0.6 is 50.7 Å². The van der Waals surface area contributed by atoms with E-state index in [-0.39, 0.29) is 22.4 Å². The van der Waals surface area contributed by atoms with Crippen LogP contribution in [0.4, 0.5) is 0 Å². The number of hydrogen-bond donors (Lipinski definition) is 1. The van der Waals surface area contributed by atoms with E-state index in [0.29, 0.717) is 16.5 Å². The zero-order valence-corrected chi connectivity index (χ0v) is 15.6. The van der Waals surface area contributed by atoms with E-state index >= 15 is 0 Å². The van der Waals surface area contributed by atoms with E-state index in [0.717, 1.165) is 4.47 Å². The molecule has 0 aliphatic rings. The Morgan fingerprint density at radius 3 is 2.57 bits per heavy atom. The van der Waals surface area contributed by atoms with Gasteiger partial charge in [-0.25, -0.2) is 5.43 Å². The third-order valence-electron chi connectivity index (χ3n) is 2.57. The summed E-state index contributed by atoms with van der Waals surface area (Å²) in [5.41, 5.74) is 2.30. The molecule has 1 N–H and O–H groups in total. The second kappa shape index (κ2) is 8.06. The van der Waals surface area contributed by atoms with Crippen molar-refractivity contribution < 1.29 is 13.9 Å². The summed E-state index contributed by atoms with van der Waals surface area (Å²) in [7, 11) is 0. The molecule has 0 saturated carbocycles. The number of nitrogens with zero attached hydrogens (tertiary/aromatic N) is 1. The van der Waals surface area contributed by atoms with Gasteiger partial charge in [0.25, 0.3) is 5.91 Å². The molecule has 5 nitrogen and oxygen atoms in total. The molecule has 9 heteroatoms. The molecule has 0 unspecified atom stereocenters. The minimum atomic E-state index is -0.481. The number of rotatable bonds is 5. The summed E-state index contributed by atoms with van der Waals surface area (Å²) in [6.07, 6.45) is 1.37. The van der Waals surface area contributed by atoms with Crippen LogP contribution < -0.4 is 10.2 Å². The highest BCUT2D eigenvalue weighted by Gasteiger charge is 2.11. The first-order chi connectivity index (χ1) is 10.9. The molecule has 0 aliphatic heterocycles. The first-order valence-electron chi connectivity index (χ1n) is 6.22. The molecule has 0 atom stereocenters. The minimum absolute atomic E-state index is 0.183. The second-order valence-electron chi connectivity index (χ2n) is 4.33. The number of carbonyl (C=O) groups excluding carboxylic acids is 1. The fourth-order valence-corrected chi connectivity index (χ4v) is 2.78. The van der Waals surface area contributed by atoms with Crippen LogP contribution in [-0.2, 0) is 4.79 Å². The van der Waals surface area contributed by atoms with Crippen LogP contribution in [0.2, 0.25) is 15.1 Å². The van der Waals surface area contributed by atoms with E-state index in [1.54, 1.807) is 13.0 Å². The number of carbonyl (C=O) groups is 1. The molecule has 0 spiro atoms. The van der Waals surface area contributed by atoms with Crippen molar-refractivity contribution in [1.82, 2.24) is 5.43 Å². The molecule has 1 heterocycles. The molecule has 1 aromatic carbocycles. The van der Waals surface area contributed by atoms with E-state index in [1.807, 2.05) is 0 Å². The van der Waals surface area contributed by atoms with Crippen LogP contribution in [0.25, 0.3) is 0 Å². The number of ether oxygens (including phenoxy) is 1. The fraction of sp³-hybridized carbons (Fsp3) is 0.143. The van der Waals surface area contributed by atoms with Gasteiger partial charge in [-0.15, -0.1) is 0 Å². The summed E-state index contributed by atoms with van der Waals surface area (Å²) in [6.45, 7) is 1.49. The van der Waals surface area contributed by atoms with Gasteiger partial charge < -0.3 is 9.15 Å². The van der Waals surface area contributed by atoms with E-state index < -0.39 is 5.91 Å². The Morgan fingerprint density at radius 1 is 1.35 bits per heavy atom. The lowest BCUT2D eigenvalue weighted by atomic mass is 10.3. The van der Waals surface area contributed by atoms with Crippen LogP contribution in [-0.4, -0.2) is 18.7 Å². The van der Waals surface area contributed by atoms with Crippen molar-refractivity contribution >= 4 is 62.9 Å². The predicted octanol–water partition coefficient (Wildman–Crippen LogP) is 4.84. The number of furan rings is 1. The van der Waals surface area contributed by atoms with E-state index in [4.69, 9.17) is 44.0 Å². The maximum absolute atomic E-state index is 11.7. The molecule has 2 aromatic rings. The number of amides is 1. The SMILES string of the molecule is Cc1oc(/C=N/NC(=O)COc2c(Cl)cc(Cl)cc2Cl)cc1Br. The van der Waals surface area contributed by atoms with Crippen molar-refractivity contribution in [2.45, 2.75) is 6.92 Å². The summed E-state index contributed by atoms with van der Waals surface area (Å²) >= 11 is 21.0. The van der Waals surface area contributed by atoms with Crippen LogP contribution in [0.1, 0.15) is 11.5 Å². The molecule has 2 rings (SSSR count). The standard InChI is InChI=1S/C14H10BrCl3N2O3/c1-7-10(15)4-9(23-7)5-19-20-13(21)6-22-14-11(17)2-8(16)3-12(14)18/h2-5H,6H2,1H3,(H,20,21)/b19-5+. The Balaban J connectivity index is 1.88. The molecular formula is C14H10BrCl3N2O3. The van der Waals surface area contributed by atoms with Gasteiger partial charge in [-0.05, 0) is 35.0 Å². The van der Waals surface area contributed by atoms with Gasteiger partial charge in [-0.2, -0.15) is 5.10 Å². The number of halogens is 4. The summed E-state index contributed by atoms with van der Waals surface area (Å²) in [4.78, 5) is 11.7. The molecule has 1 amide bonds. The zero-order chi connectivity index (χ0) is 17.0. The van der Waals surface area contributed by atoms with Crippen molar-refractivity contribution in [2.24, 2.45) is 5.10 Å². The van der Waals surface area contributed by atoms with Crippen molar-refractivity contribution in [2.75, 3.05) is 6.61 Å². The zero-order valence-electron chi connectivity index (χ0n) is 11.7. The molecule has 122 valence electrons. The Labute approximate surface area is 155 Å². The first-order valence-corrected chi connectivity index (χ1v) is 8.14. The van der Waals surface area contributed by atoms with E-state index in [9.17, 15) is 4.79 Å². The molecule has 0 bridgehead atoms. The monoisotopic (exact) mass is 438 g/mol. The van der Waals surface area contributed by atoms with Gasteiger partial charge in [0.1, 0.15) is 11.5 Å². The van der Waals surface area contributed by atoms with Gasteiger partial charge >= 0.3 is 0 Å². The lowest BCUT2D eigenvalue weighted by Gasteiger charge is -2.09. The van der Waals surface area contributed by atoms with Gasteiger partial charge in [0, 0.05) is 11.1 Å². The van der Waals surface area contributed by atoms with Crippen LogP contribution in [0.3, 0.4) is 0 Å². The summed E-state index contributed by atoms with van der Waals surface area (Å²) in [5.74, 6) is 0.917. The quantitative estimate of drug-likeness (QED) is 0.535. The Hall–Kier alpha value is -1.21. The highest BCUT2D eigenvalue weighted by molar-refractivity contribution is 9.10.